The van der Waals surface area contributed by atoms with Crippen LogP contribution in [0.2, 0.25) is 0 Å². The van der Waals surface area contributed by atoms with Crippen molar-refractivity contribution in [2.75, 3.05) is 30.4 Å². The number of nitrogens with zero attached hydrogens (tertiary/aromatic N) is 1. The molecular formula is C15H24ClN3O2. The Kier molecular flexibility index (Phi) is 6.30. The van der Waals surface area contributed by atoms with Gasteiger partial charge in [-0.2, -0.15) is 0 Å². The quantitative estimate of drug-likeness (QED) is 0.894. The Morgan fingerprint density at radius 3 is 2.90 bits per heavy atom. The molecule has 1 heterocycles. The Balaban J connectivity index is 0.00000220. The molecule has 0 bridgehead atoms. The number of carbonyl (C=O) groups is 1. The van der Waals surface area contributed by atoms with Crippen LogP contribution in [0.5, 0.6) is 5.75 Å². The zero-order valence-electron chi connectivity index (χ0n) is 12.8. The minimum absolute atomic E-state index is 0. The highest BCUT2D eigenvalue weighted by atomic mass is 35.5. The van der Waals surface area contributed by atoms with Crippen LogP contribution in [-0.2, 0) is 4.79 Å². The molecule has 0 saturated heterocycles. The number of rotatable bonds is 4. The number of halogens is 1. The number of amides is 1. The lowest BCUT2D eigenvalue weighted by molar-refractivity contribution is -0.118. The summed E-state index contributed by atoms with van der Waals surface area (Å²) in [6.07, 6.45) is 0.884. The van der Waals surface area contributed by atoms with E-state index in [1.165, 1.54) is 0 Å². The van der Waals surface area contributed by atoms with E-state index in [0.29, 0.717) is 6.61 Å². The molecule has 118 valence electrons. The highest BCUT2D eigenvalue weighted by Gasteiger charge is 2.20. The standard InChI is InChI=1S/C15H23N3O2.ClH/c1-4-10(2)14(16)15(19)17-11-5-6-13-12(9-11)18(3)7-8-20-13;/h5-6,9-10,14H,4,7-8,16H2,1-3H3,(H,17,19);1H. The minimum atomic E-state index is -0.481. The number of anilines is 2. The van der Waals surface area contributed by atoms with E-state index >= 15 is 0 Å². The van der Waals surface area contributed by atoms with Gasteiger partial charge in [0.25, 0.3) is 0 Å². The third kappa shape index (κ3) is 4.02. The third-order valence-electron chi connectivity index (χ3n) is 3.88. The maximum Gasteiger partial charge on any atom is 0.241 e. The van der Waals surface area contributed by atoms with E-state index in [1.807, 2.05) is 39.1 Å². The minimum Gasteiger partial charge on any atom is -0.490 e. The van der Waals surface area contributed by atoms with Crippen molar-refractivity contribution in [3.63, 3.8) is 0 Å². The van der Waals surface area contributed by atoms with Crippen LogP contribution in [0.15, 0.2) is 18.2 Å². The lowest BCUT2D eigenvalue weighted by Gasteiger charge is -2.28. The van der Waals surface area contributed by atoms with Gasteiger partial charge in [-0.25, -0.2) is 0 Å². The van der Waals surface area contributed by atoms with Gasteiger partial charge in [-0.1, -0.05) is 20.3 Å². The van der Waals surface area contributed by atoms with Crippen molar-refractivity contribution < 1.29 is 9.53 Å². The average molecular weight is 314 g/mol. The van der Waals surface area contributed by atoms with Crippen molar-refractivity contribution in [2.45, 2.75) is 26.3 Å². The molecule has 2 rings (SSSR count). The maximum atomic E-state index is 12.1. The third-order valence-corrected chi connectivity index (χ3v) is 3.88. The summed E-state index contributed by atoms with van der Waals surface area (Å²) in [6, 6.07) is 5.18. The maximum absolute atomic E-state index is 12.1. The molecule has 5 nitrogen and oxygen atoms in total. The second kappa shape index (κ2) is 7.52. The molecule has 0 radical (unpaired) electrons. The van der Waals surface area contributed by atoms with Gasteiger partial charge < -0.3 is 20.7 Å². The molecule has 0 aliphatic carbocycles. The molecule has 6 heteroatoms. The number of ether oxygens (including phenoxy) is 1. The number of nitrogens with two attached hydrogens (primary N) is 1. The van der Waals surface area contributed by atoms with Crippen molar-refractivity contribution in [3.8, 4) is 5.75 Å². The molecule has 0 saturated carbocycles. The van der Waals surface area contributed by atoms with Gasteiger partial charge in [0.2, 0.25) is 5.91 Å². The van der Waals surface area contributed by atoms with E-state index in [4.69, 9.17) is 10.5 Å². The zero-order valence-corrected chi connectivity index (χ0v) is 13.6. The Morgan fingerprint density at radius 2 is 2.24 bits per heavy atom. The van der Waals surface area contributed by atoms with Crippen LogP contribution in [0.4, 0.5) is 11.4 Å². The smallest absolute Gasteiger partial charge is 0.241 e. The van der Waals surface area contributed by atoms with Gasteiger partial charge in [0, 0.05) is 12.7 Å². The molecule has 0 fully saturated rings. The van der Waals surface area contributed by atoms with Gasteiger partial charge in [0.05, 0.1) is 18.3 Å². The van der Waals surface area contributed by atoms with Gasteiger partial charge in [0.1, 0.15) is 12.4 Å². The first-order valence-electron chi connectivity index (χ1n) is 7.07. The number of likely N-dealkylation sites (N-methyl/N-ethyl adjacent to an activating group) is 1. The molecule has 1 aliphatic rings. The second-order valence-corrected chi connectivity index (χ2v) is 5.35. The van der Waals surface area contributed by atoms with Gasteiger partial charge in [0.15, 0.2) is 0 Å². The average Bonchev–Trinajstić information content (AvgIpc) is 2.46. The van der Waals surface area contributed by atoms with Crippen molar-refractivity contribution in [1.82, 2.24) is 0 Å². The number of fused-ring (bicyclic) bond motifs is 1. The van der Waals surface area contributed by atoms with Crippen LogP contribution in [0.1, 0.15) is 20.3 Å². The fourth-order valence-electron chi connectivity index (χ4n) is 2.17. The van der Waals surface area contributed by atoms with Crippen molar-refractivity contribution >= 4 is 29.7 Å². The molecule has 21 heavy (non-hydrogen) atoms. The first kappa shape index (κ1) is 17.6. The topological polar surface area (TPSA) is 67.6 Å². The summed E-state index contributed by atoms with van der Waals surface area (Å²) in [6.45, 7) is 5.55. The van der Waals surface area contributed by atoms with E-state index in [2.05, 4.69) is 10.2 Å². The molecule has 2 atom stereocenters. The number of nitrogens with one attached hydrogen (secondary N) is 1. The summed E-state index contributed by atoms with van der Waals surface area (Å²) in [7, 11) is 2.01. The first-order chi connectivity index (χ1) is 9.52. The lowest BCUT2D eigenvalue weighted by atomic mass is 9.99. The fourth-order valence-corrected chi connectivity index (χ4v) is 2.17. The van der Waals surface area contributed by atoms with Crippen LogP contribution >= 0.6 is 12.4 Å². The highest BCUT2D eigenvalue weighted by molar-refractivity contribution is 5.95. The number of benzene rings is 1. The highest BCUT2D eigenvalue weighted by Crippen LogP contribution is 2.33. The van der Waals surface area contributed by atoms with E-state index in [-0.39, 0.29) is 24.2 Å². The van der Waals surface area contributed by atoms with E-state index in [1.54, 1.807) is 0 Å². The first-order valence-corrected chi connectivity index (χ1v) is 7.07. The van der Waals surface area contributed by atoms with Crippen LogP contribution in [-0.4, -0.2) is 32.1 Å². The molecule has 3 N–H and O–H groups in total. The molecule has 1 amide bonds. The predicted molar refractivity (Wildman–Crippen MR) is 88.5 cm³/mol. The summed E-state index contributed by atoms with van der Waals surface area (Å²) in [5.74, 6) is 0.875. The van der Waals surface area contributed by atoms with Crippen LogP contribution in [0.3, 0.4) is 0 Å². The largest absolute Gasteiger partial charge is 0.490 e. The lowest BCUT2D eigenvalue weighted by Crippen LogP contribution is -2.40. The summed E-state index contributed by atoms with van der Waals surface area (Å²) in [5.41, 5.74) is 7.68. The molecule has 2 unspecified atom stereocenters. The number of hydrogen-bond acceptors (Lipinski definition) is 4. The normalized spacial score (nSPS) is 16.1. The van der Waals surface area contributed by atoms with Gasteiger partial charge in [-0.05, 0) is 24.1 Å². The van der Waals surface area contributed by atoms with Crippen LogP contribution < -0.4 is 20.7 Å². The number of carbonyl (C=O) groups excluding carboxylic acids is 1. The van der Waals surface area contributed by atoms with Gasteiger partial charge in [-0.15, -0.1) is 12.4 Å². The predicted octanol–water partition coefficient (Wildman–Crippen LogP) is 2.25. The van der Waals surface area contributed by atoms with E-state index in [0.717, 1.165) is 30.1 Å². The zero-order chi connectivity index (χ0) is 14.7. The Labute approximate surface area is 132 Å². The van der Waals surface area contributed by atoms with Gasteiger partial charge >= 0.3 is 0 Å². The van der Waals surface area contributed by atoms with Crippen molar-refractivity contribution in [1.29, 1.82) is 0 Å². The van der Waals surface area contributed by atoms with Crippen LogP contribution in [0, 0.1) is 5.92 Å². The molecular weight excluding hydrogens is 290 g/mol. The van der Waals surface area contributed by atoms with Crippen molar-refractivity contribution in [2.24, 2.45) is 11.7 Å². The van der Waals surface area contributed by atoms with Crippen molar-refractivity contribution in [3.05, 3.63) is 18.2 Å². The molecule has 1 aliphatic heterocycles. The number of hydrogen-bond donors (Lipinski definition) is 2. The summed E-state index contributed by atoms with van der Waals surface area (Å²) < 4.78 is 5.58. The molecule has 0 spiro atoms. The summed E-state index contributed by atoms with van der Waals surface area (Å²) in [5, 5.41) is 2.88. The SMILES string of the molecule is CCC(C)C(N)C(=O)Nc1ccc2c(c1)N(C)CCO2.Cl. The summed E-state index contributed by atoms with van der Waals surface area (Å²) in [4.78, 5) is 14.2. The molecule has 1 aromatic carbocycles. The fraction of sp³-hybridized carbons (Fsp3) is 0.533. The molecule has 1 aromatic rings. The monoisotopic (exact) mass is 313 g/mol. The van der Waals surface area contributed by atoms with E-state index in [9.17, 15) is 4.79 Å². The van der Waals surface area contributed by atoms with E-state index < -0.39 is 6.04 Å². The summed E-state index contributed by atoms with van der Waals surface area (Å²) >= 11 is 0. The van der Waals surface area contributed by atoms with Gasteiger partial charge in [-0.3, -0.25) is 4.79 Å². The Morgan fingerprint density at radius 1 is 1.52 bits per heavy atom. The Bertz CT molecular complexity index is 496. The molecule has 0 aromatic heterocycles. The van der Waals surface area contributed by atoms with Crippen LogP contribution in [0.25, 0.3) is 0 Å². The Hall–Kier alpha value is -1.46. The second-order valence-electron chi connectivity index (χ2n) is 5.35.